The van der Waals surface area contributed by atoms with Crippen LogP contribution in [-0.4, -0.2) is 31.2 Å². The first-order valence-corrected chi connectivity index (χ1v) is 3.83. The second-order valence-electron chi connectivity index (χ2n) is 3.48. The van der Waals surface area contributed by atoms with Crippen molar-refractivity contribution in [2.75, 3.05) is 19.8 Å². The standard InChI is InChI=1S/C7H11F2NO/c8-7(9)1-2-10-6(3-7)4-11-5-6/h10H,1-5H2. The van der Waals surface area contributed by atoms with Crippen LogP contribution in [-0.2, 0) is 4.74 Å². The highest BCUT2D eigenvalue weighted by molar-refractivity contribution is 5.01. The van der Waals surface area contributed by atoms with Crippen molar-refractivity contribution >= 4 is 0 Å². The topological polar surface area (TPSA) is 21.3 Å². The third-order valence-corrected chi connectivity index (χ3v) is 2.34. The molecule has 2 aliphatic rings. The Balaban J connectivity index is 2.03. The molecule has 0 unspecified atom stereocenters. The number of ether oxygens (including phenoxy) is 1. The lowest BCUT2D eigenvalue weighted by Gasteiger charge is -2.47. The van der Waals surface area contributed by atoms with Crippen LogP contribution in [0.15, 0.2) is 0 Å². The Morgan fingerprint density at radius 3 is 2.36 bits per heavy atom. The van der Waals surface area contributed by atoms with Crippen molar-refractivity contribution in [1.29, 1.82) is 0 Å². The number of hydrogen-bond acceptors (Lipinski definition) is 2. The highest BCUT2D eigenvalue weighted by Gasteiger charge is 2.49. The van der Waals surface area contributed by atoms with Gasteiger partial charge in [-0.05, 0) is 0 Å². The molecule has 2 rings (SSSR count). The smallest absolute Gasteiger partial charge is 0.251 e. The van der Waals surface area contributed by atoms with Crippen molar-refractivity contribution in [2.45, 2.75) is 24.3 Å². The highest BCUT2D eigenvalue weighted by atomic mass is 19.3. The molecule has 2 saturated heterocycles. The molecule has 4 heteroatoms. The van der Waals surface area contributed by atoms with Crippen molar-refractivity contribution in [3.05, 3.63) is 0 Å². The van der Waals surface area contributed by atoms with Crippen LogP contribution in [0.2, 0.25) is 0 Å². The fourth-order valence-corrected chi connectivity index (χ4v) is 1.71. The molecule has 0 radical (unpaired) electrons. The number of piperidine rings is 1. The molecule has 0 aromatic heterocycles. The SMILES string of the molecule is FC1(F)CCNC2(COC2)C1. The van der Waals surface area contributed by atoms with Crippen molar-refractivity contribution in [3.8, 4) is 0 Å². The van der Waals surface area contributed by atoms with Crippen LogP contribution in [0.1, 0.15) is 12.8 Å². The van der Waals surface area contributed by atoms with Gasteiger partial charge in [-0.25, -0.2) is 8.78 Å². The largest absolute Gasteiger partial charge is 0.377 e. The van der Waals surface area contributed by atoms with E-state index in [4.69, 9.17) is 4.74 Å². The molecule has 0 amide bonds. The number of rotatable bonds is 0. The Morgan fingerprint density at radius 2 is 2.00 bits per heavy atom. The molecule has 0 bridgehead atoms. The molecular weight excluding hydrogens is 152 g/mol. The van der Waals surface area contributed by atoms with E-state index in [1.807, 2.05) is 0 Å². The van der Waals surface area contributed by atoms with Gasteiger partial charge in [0.05, 0.1) is 18.8 Å². The summed E-state index contributed by atoms with van der Waals surface area (Å²) in [5.41, 5.74) is -0.387. The van der Waals surface area contributed by atoms with Crippen molar-refractivity contribution in [2.24, 2.45) is 0 Å². The summed E-state index contributed by atoms with van der Waals surface area (Å²) >= 11 is 0. The van der Waals surface area contributed by atoms with Gasteiger partial charge in [-0.15, -0.1) is 0 Å². The van der Waals surface area contributed by atoms with Gasteiger partial charge in [0.25, 0.3) is 5.92 Å². The maximum absolute atomic E-state index is 12.8. The van der Waals surface area contributed by atoms with E-state index in [1.54, 1.807) is 0 Å². The maximum atomic E-state index is 12.8. The number of hydrogen-bond donors (Lipinski definition) is 1. The second-order valence-corrected chi connectivity index (χ2v) is 3.48. The van der Waals surface area contributed by atoms with Gasteiger partial charge >= 0.3 is 0 Å². The van der Waals surface area contributed by atoms with Crippen molar-refractivity contribution in [3.63, 3.8) is 0 Å². The summed E-state index contributed by atoms with van der Waals surface area (Å²) in [5.74, 6) is -2.48. The zero-order chi connectivity index (χ0) is 7.95. The summed E-state index contributed by atoms with van der Waals surface area (Å²) in [6.07, 6.45) is -0.0885. The van der Waals surface area contributed by atoms with E-state index in [0.717, 1.165) is 0 Å². The molecule has 0 aliphatic carbocycles. The van der Waals surface area contributed by atoms with E-state index in [-0.39, 0.29) is 18.4 Å². The van der Waals surface area contributed by atoms with Crippen LogP contribution < -0.4 is 5.32 Å². The van der Waals surface area contributed by atoms with Crippen molar-refractivity contribution in [1.82, 2.24) is 5.32 Å². The highest BCUT2D eigenvalue weighted by Crippen LogP contribution is 2.36. The lowest BCUT2D eigenvalue weighted by Crippen LogP contribution is -2.65. The summed E-state index contributed by atoms with van der Waals surface area (Å²) in [7, 11) is 0. The molecule has 2 heterocycles. The van der Waals surface area contributed by atoms with Crippen LogP contribution in [0.3, 0.4) is 0 Å². The fourth-order valence-electron chi connectivity index (χ4n) is 1.71. The molecule has 11 heavy (non-hydrogen) atoms. The van der Waals surface area contributed by atoms with Crippen LogP contribution in [0.25, 0.3) is 0 Å². The third kappa shape index (κ3) is 1.25. The second kappa shape index (κ2) is 2.14. The lowest BCUT2D eigenvalue weighted by atomic mass is 9.85. The Morgan fingerprint density at radius 1 is 1.27 bits per heavy atom. The average Bonchev–Trinajstić information content (AvgIpc) is 1.82. The van der Waals surface area contributed by atoms with Gasteiger partial charge in [0.1, 0.15) is 0 Å². The molecule has 1 N–H and O–H groups in total. The van der Waals surface area contributed by atoms with E-state index in [0.29, 0.717) is 19.8 Å². The number of nitrogens with one attached hydrogen (secondary N) is 1. The fraction of sp³-hybridized carbons (Fsp3) is 1.00. The minimum Gasteiger partial charge on any atom is -0.377 e. The van der Waals surface area contributed by atoms with Gasteiger partial charge in [-0.1, -0.05) is 0 Å². The van der Waals surface area contributed by atoms with E-state index >= 15 is 0 Å². The van der Waals surface area contributed by atoms with Gasteiger partial charge in [0.2, 0.25) is 0 Å². The van der Waals surface area contributed by atoms with Gasteiger partial charge in [0.15, 0.2) is 0 Å². The van der Waals surface area contributed by atoms with E-state index in [2.05, 4.69) is 5.32 Å². The molecule has 0 atom stereocenters. The first-order chi connectivity index (χ1) is 5.12. The zero-order valence-corrected chi connectivity index (χ0v) is 6.20. The first-order valence-electron chi connectivity index (χ1n) is 3.83. The maximum Gasteiger partial charge on any atom is 0.251 e. The monoisotopic (exact) mass is 163 g/mol. The van der Waals surface area contributed by atoms with E-state index in [9.17, 15) is 8.78 Å². The zero-order valence-electron chi connectivity index (χ0n) is 6.20. The predicted octanol–water partition coefficient (Wildman–Crippen LogP) is 0.774. The Bertz CT molecular complexity index is 168. The molecule has 2 aliphatic heterocycles. The summed E-state index contributed by atoms with van der Waals surface area (Å²) in [6.45, 7) is 1.31. The molecule has 1 spiro atoms. The van der Waals surface area contributed by atoms with E-state index < -0.39 is 5.92 Å². The molecular formula is C7H11F2NO. The summed E-state index contributed by atoms with van der Waals surface area (Å²) < 4.78 is 30.6. The van der Waals surface area contributed by atoms with Crippen LogP contribution >= 0.6 is 0 Å². The normalized spacial score (nSPS) is 33.3. The minimum atomic E-state index is -2.48. The summed E-state index contributed by atoms with van der Waals surface area (Å²) in [4.78, 5) is 0. The van der Waals surface area contributed by atoms with Gasteiger partial charge in [-0.2, -0.15) is 0 Å². The molecule has 2 nitrogen and oxygen atoms in total. The molecule has 0 saturated carbocycles. The first kappa shape index (κ1) is 7.43. The Hall–Kier alpha value is -0.220. The van der Waals surface area contributed by atoms with Crippen LogP contribution in [0.5, 0.6) is 0 Å². The number of halogens is 2. The molecule has 2 fully saturated rings. The lowest BCUT2D eigenvalue weighted by molar-refractivity contribution is -0.150. The third-order valence-electron chi connectivity index (χ3n) is 2.34. The molecule has 0 aromatic carbocycles. The van der Waals surface area contributed by atoms with Crippen LogP contribution in [0.4, 0.5) is 8.78 Å². The van der Waals surface area contributed by atoms with Crippen molar-refractivity contribution < 1.29 is 13.5 Å². The molecule has 64 valence electrons. The Kier molecular flexibility index (Phi) is 1.44. The minimum absolute atomic E-state index is 0.0330. The molecule has 0 aromatic rings. The number of alkyl halides is 2. The van der Waals surface area contributed by atoms with Gasteiger partial charge in [-0.3, -0.25) is 0 Å². The van der Waals surface area contributed by atoms with Gasteiger partial charge < -0.3 is 10.1 Å². The summed E-state index contributed by atoms with van der Waals surface area (Å²) in [5, 5.41) is 3.08. The van der Waals surface area contributed by atoms with Crippen LogP contribution in [0, 0.1) is 0 Å². The van der Waals surface area contributed by atoms with Gasteiger partial charge in [0, 0.05) is 19.4 Å². The summed E-state index contributed by atoms with van der Waals surface area (Å²) in [6, 6.07) is 0. The quantitative estimate of drug-likeness (QED) is 0.569. The van der Waals surface area contributed by atoms with E-state index in [1.165, 1.54) is 0 Å². The predicted molar refractivity (Wildman–Crippen MR) is 35.7 cm³/mol. The average molecular weight is 163 g/mol. The Labute approximate surface area is 63.9 Å².